The first-order valence-corrected chi connectivity index (χ1v) is 11.8. The Kier molecular flexibility index (Phi) is 6.06. The number of fused-ring (bicyclic) bond motifs is 1. The number of anilines is 2. The molecule has 0 aliphatic carbocycles. The normalized spacial score (nSPS) is 21.4. The van der Waals surface area contributed by atoms with Gasteiger partial charge in [0, 0.05) is 18.3 Å². The average molecular weight is 502 g/mol. The summed E-state index contributed by atoms with van der Waals surface area (Å²) in [5, 5.41) is 3.05. The smallest absolute Gasteiger partial charge is 0.270 e. The summed E-state index contributed by atoms with van der Waals surface area (Å²) < 4.78 is 0. The zero-order chi connectivity index (χ0) is 24.2. The first-order valence-electron chi connectivity index (χ1n) is 10.7. The number of hydrogen-bond acceptors (Lipinski definition) is 4. The lowest BCUT2D eigenvalue weighted by Crippen LogP contribution is -2.54. The molecule has 8 heteroatoms. The third-order valence-corrected chi connectivity index (χ3v) is 7.69. The molecule has 2 aromatic rings. The number of aryl methyl sites for hydroxylation is 1. The third-order valence-electron chi connectivity index (χ3n) is 6.59. The van der Waals surface area contributed by atoms with Gasteiger partial charge in [0.1, 0.15) is 5.57 Å². The van der Waals surface area contributed by atoms with Crippen LogP contribution in [0.15, 0.2) is 35.9 Å². The lowest BCUT2D eigenvalue weighted by molar-refractivity contribution is -0.122. The second-order valence-electron chi connectivity index (χ2n) is 9.28. The van der Waals surface area contributed by atoms with Gasteiger partial charge in [-0.05, 0) is 92.4 Å². The Morgan fingerprint density at radius 1 is 1.18 bits per heavy atom. The van der Waals surface area contributed by atoms with Crippen molar-refractivity contribution in [1.29, 1.82) is 0 Å². The molecule has 0 radical (unpaired) electrons. The molecular formula is C25H25Cl2N3O2S. The van der Waals surface area contributed by atoms with Gasteiger partial charge in [-0.1, -0.05) is 36.2 Å². The Morgan fingerprint density at radius 2 is 1.88 bits per heavy atom. The zero-order valence-corrected chi connectivity index (χ0v) is 21.5. The van der Waals surface area contributed by atoms with Crippen molar-refractivity contribution in [2.75, 3.05) is 16.8 Å². The minimum absolute atomic E-state index is 0.0140. The molecule has 172 valence electrons. The summed E-state index contributed by atoms with van der Waals surface area (Å²) in [4.78, 5) is 29.7. The summed E-state index contributed by atoms with van der Waals surface area (Å²) in [5.74, 6) is -0.742. The van der Waals surface area contributed by atoms with Crippen LogP contribution in [0.1, 0.15) is 49.8 Å². The van der Waals surface area contributed by atoms with Gasteiger partial charge >= 0.3 is 0 Å². The highest BCUT2D eigenvalue weighted by Gasteiger charge is 2.37. The van der Waals surface area contributed by atoms with Gasteiger partial charge in [-0.3, -0.25) is 19.8 Å². The molecule has 1 N–H and O–H groups in total. The van der Waals surface area contributed by atoms with Crippen molar-refractivity contribution in [2.24, 2.45) is 0 Å². The molecule has 2 aromatic carbocycles. The van der Waals surface area contributed by atoms with Gasteiger partial charge in [0.25, 0.3) is 11.8 Å². The number of nitrogens with zero attached hydrogens (tertiary/aromatic N) is 2. The summed E-state index contributed by atoms with van der Waals surface area (Å²) in [7, 11) is 2.11. The fraction of sp³-hybridized carbons (Fsp3) is 0.320. The van der Waals surface area contributed by atoms with Crippen LogP contribution in [0.25, 0.3) is 6.08 Å². The van der Waals surface area contributed by atoms with E-state index in [2.05, 4.69) is 50.2 Å². The number of thiocarbonyl (C=S) groups is 1. The van der Waals surface area contributed by atoms with Crippen molar-refractivity contribution in [3.05, 3.63) is 62.6 Å². The third kappa shape index (κ3) is 4.05. The van der Waals surface area contributed by atoms with Crippen LogP contribution >= 0.6 is 35.4 Å². The van der Waals surface area contributed by atoms with Crippen LogP contribution in [0.3, 0.4) is 0 Å². The molecule has 4 rings (SSSR count). The SMILES string of the molecule is Cc1cc2c(cc1/C=C1\C(=O)NC(=S)N(c3cccc(Cl)c3Cl)C1=O)[C@H](C)CC(C)(C)N2C. The van der Waals surface area contributed by atoms with Crippen LogP contribution in [0.2, 0.25) is 10.0 Å². The molecule has 0 unspecified atom stereocenters. The van der Waals surface area contributed by atoms with Crippen LogP contribution in [-0.2, 0) is 9.59 Å². The van der Waals surface area contributed by atoms with Crippen molar-refractivity contribution < 1.29 is 9.59 Å². The fourth-order valence-corrected chi connectivity index (χ4v) is 5.24. The zero-order valence-electron chi connectivity index (χ0n) is 19.1. The van der Waals surface area contributed by atoms with E-state index in [-0.39, 0.29) is 21.2 Å². The maximum absolute atomic E-state index is 13.4. The van der Waals surface area contributed by atoms with E-state index < -0.39 is 11.8 Å². The number of halogens is 2. The molecule has 5 nitrogen and oxygen atoms in total. The van der Waals surface area contributed by atoms with E-state index in [4.69, 9.17) is 35.4 Å². The Morgan fingerprint density at radius 3 is 2.58 bits per heavy atom. The van der Waals surface area contributed by atoms with E-state index in [0.29, 0.717) is 16.6 Å². The van der Waals surface area contributed by atoms with E-state index in [1.54, 1.807) is 24.3 Å². The van der Waals surface area contributed by atoms with Gasteiger partial charge < -0.3 is 4.90 Å². The molecule has 2 amide bonds. The van der Waals surface area contributed by atoms with Gasteiger partial charge in [-0.25, -0.2) is 0 Å². The molecule has 2 aliphatic rings. The molecule has 0 spiro atoms. The van der Waals surface area contributed by atoms with Crippen molar-refractivity contribution >= 4 is 69.8 Å². The minimum atomic E-state index is -0.545. The Bertz CT molecular complexity index is 1240. The molecule has 1 atom stereocenters. The van der Waals surface area contributed by atoms with Gasteiger partial charge in [0.05, 0.1) is 15.7 Å². The molecule has 33 heavy (non-hydrogen) atoms. The van der Waals surface area contributed by atoms with Gasteiger partial charge in [-0.15, -0.1) is 0 Å². The van der Waals surface area contributed by atoms with E-state index in [0.717, 1.165) is 17.5 Å². The molecule has 1 fully saturated rings. The van der Waals surface area contributed by atoms with E-state index >= 15 is 0 Å². The number of carbonyl (C=O) groups is 2. The summed E-state index contributed by atoms with van der Waals surface area (Å²) in [6.07, 6.45) is 2.64. The van der Waals surface area contributed by atoms with Crippen LogP contribution in [0.4, 0.5) is 11.4 Å². The van der Waals surface area contributed by atoms with Crippen molar-refractivity contribution in [3.8, 4) is 0 Å². The van der Waals surface area contributed by atoms with E-state index in [1.807, 2.05) is 6.92 Å². The Balaban J connectivity index is 1.79. The summed E-state index contributed by atoms with van der Waals surface area (Å²) >= 11 is 17.8. The van der Waals surface area contributed by atoms with E-state index in [9.17, 15) is 9.59 Å². The second kappa shape index (κ2) is 8.42. The van der Waals surface area contributed by atoms with Crippen molar-refractivity contribution in [2.45, 2.75) is 45.6 Å². The van der Waals surface area contributed by atoms with Gasteiger partial charge in [0.15, 0.2) is 5.11 Å². The predicted octanol–water partition coefficient (Wildman–Crippen LogP) is 5.86. The number of benzene rings is 2. The van der Waals surface area contributed by atoms with Crippen LogP contribution in [-0.4, -0.2) is 29.5 Å². The predicted molar refractivity (Wildman–Crippen MR) is 139 cm³/mol. The number of nitrogens with one attached hydrogen (secondary N) is 1. The summed E-state index contributed by atoms with van der Waals surface area (Å²) in [6, 6.07) is 9.14. The van der Waals surface area contributed by atoms with Crippen LogP contribution in [0.5, 0.6) is 0 Å². The topological polar surface area (TPSA) is 52.7 Å². The lowest BCUT2D eigenvalue weighted by Gasteiger charge is -2.45. The summed E-state index contributed by atoms with van der Waals surface area (Å²) in [5.41, 5.74) is 4.51. The number of amides is 2. The summed E-state index contributed by atoms with van der Waals surface area (Å²) in [6.45, 7) is 8.66. The fourth-order valence-electron chi connectivity index (χ4n) is 4.59. The molecule has 1 saturated heterocycles. The maximum atomic E-state index is 13.4. The molecule has 2 heterocycles. The molecule has 0 saturated carbocycles. The maximum Gasteiger partial charge on any atom is 0.270 e. The van der Waals surface area contributed by atoms with Crippen LogP contribution in [0, 0.1) is 6.92 Å². The first-order chi connectivity index (χ1) is 15.4. The molecule has 2 aliphatic heterocycles. The highest BCUT2D eigenvalue weighted by Crippen LogP contribution is 2.44. The highest BCUT2D eigenvalue weighted by atomic mass is 35.5. The molecule has 0 aromatic heterocycles. The number of rotatable bonds is 2. The Labute approximate surface area is 209 Å². The van der Waals surface area contributed by atoms with Gasteiger partial charge in [0.2, 0.25) is 0 Å². The molecule has 0 bridgehead atoms. The van der Waals surface area contributed by atoms with E-state index in [1.165, 1.54) is 16.2 Å². The second-order valence-corrected chi connectivity index (χ2v) is 10.4. The van der Waals surface area contributed by atoms with Crippen molar-refractivity contribution in [1.82, 2.24) is 5.32 Å². The Hall–Kier alpha value is -2.41. The first kappa shape index (κ1) is 23.7. The standard InChI is InChI=1S/C25H25Cl2N3O2S/c1-13-9-20-16(14(2)12-25(3,4)29(20)5)10-15(13)11-17-22(31)28-24(33)30(23(17)32)19-8-6-7-18(26)21(19)27/h6-11,14H,12H2,1-5H3,(H,28,31,33)/b17-11+/t14-/m1/s1. The minimum Gasteiger partial charge on any atom is -0.369 e. The van der Waals surface area contributed by atoms with Crippen molar-refractivity contribution in [3.63, 3.8) is 0 Å². The van der Waals surface area contributed by atoms with Gasteiger partial charge in [-0.2, -0.15) is 0 Å². The quantitative estimate of drug-likeness (QED) is 0.318. The lowest BCUT2D eigenvalue weighted by atomic mass is 9.79. The number of hydrogen-bond donors (Lipinski definition) is 1. The number of carbonyl (C=O) groups excluding carboxylic acids is 2. The monoisotopic (exact) mass is 501 g/mol. The molecular weight excluding hydrogens is 477 g/mol. The largest absolute Gasteiger partial charge is 0.369 e. The highest BCUT2D eigenvalue weighted by molar-refractivity contribution is 7.80. The van der Waals surface area contributed by atoms with Crippen LogP contribution < -0.4 is 15.1 Å². The average Bonchev–Trinajstić information content (AvgIpc) is 2.72.